The zero-order valence-corrected chi connectivity index (χ0v) is 16.3. The van der Waals surface area contributed by atoms with Crippen molar-refractivity contribution in [2.45, 2.75) is 77.5 Å². The second-order valence-corrected chi connectivity index (χ2v) is 6.98. The Labute approximate surface area is 162 Å². The van der Waals surface area contributed by atoms with Crippen LogP contribution in [0.25, 0.3) is 0 Å². The van der Waals surface area contributed by atoms with E-state index in [1.54, 1.807) is 12.1 Å². The van der Waals surface area contributed by atoms with Crippen LogP contribution < -0.4 is 10.6 Å². The molecule has 0 radical (unpaired) electrons. The Morgan fingerprint density at radius 3 is 1.74 bits per heavy atom. The van der Waals surface area contributed by atoms with Crippen LogP contribution in [0.15, 0.2) is 12.1 Å². The first-order chi connectivity index (χ1) is 12.9. The van der Waals surface area contributed by atoms with Crippen molar-refractivity contribution in [3.63, 3.8) is 0 Å². The lowest BCUT2D eigenvalue weighted by Gasteiger charge is -2.18. The van der Waals surface area contributed by atoms with Crippen molar-refractivity contribution in [1.29, 1.82) is 0 Å². The third-order valence-electron chi connectivity index (χ3n) is 4.48. The Balaban J connectivity index is 2.79. The molecule has 0 unspecified atom stereocenters. The van der Waals surface area contributed by atoms with Gasteiger partial charge >= 0.3 is 0 Å². The molecule has 0 saturated heterocycles. The maximum absolute atomic E-state index is 10.1. The van der Waals surface area contributed by atoms with Gasteiger partial charge in [0.25, 0.3) is 0 Å². The molecule has 1 rings (SSSR count). The largest absolute Gasteiger partial charge is 0.508 e. The molecule has 0 heterocycles. The Hall–Kier alpha value is -1.22. The molecule has 156 valence electrons. The quantitative estimate of drug-likeness (QED) is 0.178. The van der Waals surface area contributed by atoms with E-state index >= 15 is 0 Å². The highest BCUT2D eigenvalue weighted by Gasteiger charge is 2.12. The van der Waals surface area contributed by atoms with Gasteiger partial charge < -0.3 is 36.2 Å². The van der Waals surface area contributed by atoms with Crippen LogP contribution in [-0.4, -0.2) is 51.2 Å². The summed E-state index contributed by atoms with van der Waals surface area (Å²) in [4.78, 5) is 0. The highest BCUT2D eigenvalue weighted by molar-refractivity contribution is 5.42. The summed E-state index contributed by atoms with van der Waals surface area (Å²) >= 11 is 0. The van der Waals surface area contributed by atoms with E-state index < -0.39 is 12.6 Å². The maximum atomic E-state index is 10.1. The predicted molar refractivity (Wildman–Crippen MR) is 105 cm³/mol. The molecule has 0 aliphatic carbocycles. The summed E-state index contributed by atoms with van der Waals surface area (Å²) < 4.78 is 0. The molecule has 0 amide bonds. The second-order valence-electron chi connectivity index (χ2n) is 6.98. The molecular formula is C20H36N2O5. The van der Waals surface area contributed by atoms with Gasteiger partial charge in [-0.05, 0) is 41.7 Å². The van der Waals surface area contributed by atoms with Gasteiger partial charge in [-0.15, -0.1) is 0 Å². The van der Waals surface area contributed by atoms with E-state index in [0.29, 0.717) is 13.1 Å². The summed E-state index contributed by atoms with van der Waals surface area (Å²) in [5.41, 5.74) is 2.96. The van der Waals surface area contributed by atoms with Crippen molar-refractivity contribution in [1.82, 2.24) is 10.6 Å². The van der Waals surface area contributed by atoms with E-state index in [9.17, 15) is 5.11 Å². The Bertz CT molecular complexity index is 488. The average molecular weight is 385 g/mol. The van der Waals surface area contributed by atoms with E-state index in [1.807, 2.05) is 0 Å². The van der Waals surface area contributed by atoms with E-state index in [0.717, 1.165) is 36.0 Å². The van der Waals surface area contributed by atoms with Crippen LogP contribution in [0.4, 0.5) is 0 Å². The number of rotatable bonds is 15. The summed E-state index contributed by atoms with van der Waals surface area (Å²) in [6.45, 7) is 3.15. The smallest absolute Gasteiger partial charge is 0.164 e. The first-order valence-electron chi connectivity index (χ1n) is 9.91. The molecule has 0 bridgehead atoms. The summed E-state index contributed by atoms with van der Waals surface area (Å²) in [5.74, 6) is 0.143. The van der Waals surface area contributed by atoms with Crippen molar-refractivity contribution in [2.24, 2.45) is 0 Å². The minimum absolute atomic E-state index is 0.0520. The first-order valence-corrected chi connectivity index (χ1v) is 9.91. The molecule has 0 aliphatic heterocycles. The van der Waals surface area contributed by atoms with Gasteiger partial charge in [0.1, 0.15) is 5.75 Å². The van der Waals surface area contributed by atoms with Gasteiger partial charge in [-0.25, -0.2) is 0 Å². The van der Waals surface area contributed by atoms with E-state index in [-0.39, 0.29) is 18.8 Å². The Morgan fingerprint density at radius 2 is 1.26 bits per heavy atom. The molecule has 1 aromatic rings. The van der Waals surface area contributed by atoms with Crippen molar-refractivity contribution in [3.05, 3.63) is 28.8 Å². The molecule has 7 nitrogen and oxygen atoms in total. The lowest BCUT2D eigenvalue weighted by molar-refractivity contribution is -0.0379. The molecule has 7 heteroatoms. The highest BCUT2D eigenvalue weighted by Crippen LogP contribution is 2.24. The van der Waals surface area contributed by atoms with Crippen LogP contribution in [0.2, 0.25) is 0 Å². The van der Waals surface area contributed by atoms with Crippen LogP contribution in [0.5, 0.6) is 5.75 Å². The van der Waals surface area contributed by atoms with Crippen LogP contribution in [-0.2, 0) is 19.5 Å². The third kappa shape index (κ3) is 10.6. The van der Waals surface area contributed by atoms with Gasteiger partial charge in [-0.1, -0.05) is 39.0 Å². The van der Waals surface area contributed by atoms with Gasteiger partial charge in [0.05, 0.1) is 0 Å². The van der Waals surface area contributed by atoms with Gasteiger partial charge in [0.15, 0.2) is 12.6 Å². The average Bonchev–Trinajstić information content (AvgIpc) is 2.59. The second kappa shape index (κ2) is 13.9. The van der Waals surface area contributed by atoms with Crippen LogP contribution in [0.1, 0.15) is 62.1 Å². The molecular weight excluding hydrogens is 348 g/mol. The predicted octanol–water partition coefficient (Wildman–Crippen LogP) is 1.10. The standard InChI is InChI=1S/C20H36N2O5/c1-2-3-4-5-6-7-8-18-15(11-21-13-19(24)25)9-17(23)10-16(18)12-22-14-20(26)27/h9-10,19-27H,2-8,11-14H2,1H3. The SMILES string of the molecule is CCCCCCCCc1c(CNCC(O)O)cc(O)cc1CNCC(O)O. The fourth-order valence-corrected chi connectivity index (χ4v) is 3.17. The monoisotopic (exact) mass is 384 g/mol. The topological polar surface area (TPSA) is 125 Å². The molecule has 0 fully saturated rings. The summed E-state index contributed by atoms with van der Waals surface area (Å²) in [6.07, 6.45) is 5.15. The number of aliphatic hydroxyl groups excluding tert-OH is 2. The minimum atomic E-state index is -1.42. The fourth-order valence-electron chi connectivity index (χ4n) is 3.17. The summed E-state index contributed by atoms with van der Waals surface area (Å²) in [7, 11) is 0. The number of hydrogen-bond donors (Lipinski definition) is 7. The number of phenolic OH excluding ortho intramolecular Hbond substituents is 1. The summed E-state index contributed by atoms with van der Waals surface area (Å²) in [6, 6.07) is 3.40. The molecule has 0 atom stereocenters. The van der Waals surface area contributed by atoms with Crippen molar-refractivity contribution in [2.75, 3.05) is 13.1 Å². The minimum Gasteiger partial charge on any atom is -0.508 e. The van der Waals surface area contributed by atoms with Gasteiger partial charge in [-0.3, -0.25) is 0 Å². The van der Waals surface area contributed by atoms with Crippen molar-refractivity contribution < 1.29 is 25.5 Å². The Kier molecular flexibility index (Phi) is 12.2. The normalized spacial score (nSPS) is 11.7. The number of phenols is 1. The van der Waals surface area contributed by atoms with E-state index in [2.05, 4.69) is 17.6 Å². The molecule has 0 spiro atoms. The third-order valence-corrected chi connectivity index (χ3v) is 4.48. The highest BCUT2D eigenvalue weighted by atomic mass is 16.5. The summed E-state index contributed by atoms with van der Waals surface area (Å²) in [5, 5.41) is 52.0. The van der Waals surface area contributed by atoms with Crippen LogP contribution in [0.3, 0.4) is 0 Å². The zero-order chi connectivity index (χ0) is 20.1. The lowest BCUT2D eigenvalue weighted by Crippen LogP contribution is -2.27. The van der Waals surface area contributed by atoms with Crippen LogP contribution in [0, 0.1) is 0 Å². The van der Waals surface area contributed by atoms with E-state index in [1.165, 1.54) is 25.7 Å². The molecule has 7 N–H and O–H groups in total. The van der Waals surface area contributed by atoms with Crippen LogP contribution >= 0.6 is 0 Å². The number of aliphatic hydroxyl groups is 4. The number of hydrogen-bond acceptors (Lipinski definition) is 7. The number of benzene rings is 1. The van der Waals surface area contributed by atoms with Gasteiger partial charge in [0.2, 0.25) is 0 Å². The number of unbranched alkanes of at least 4 members (excludes halogenated alkanes) is 5. The lowest BCUT2D eigenvalue weighted by atomic mass is 9.94. The van der Waals surface area contributed by atoms with E-state index in [4.69, 9.17) is 20.4 Å². The molecule has 0 aromatic heterocycles. The molecule has 27 heavy (non-hydrogen) atoms. The molecule has 0 aliphatic rings. The zero-order valence-electron chi connectivity index (χ0n) is 16.3. The maximum Gasteiger partial charge on any atom is 0.164 e. The fraction of sp³-hybridized carbons (Fsp3) is 0.700. The van der Waals surface area contributed by atoms with Crippen molar-refractivity contribution >= 4 is 0 Å². The number of aromatic hydroxyl groups is 1. The molecule has 1 aromatic carbocycles. The first kappa shape index (κ1) is 23.8. The van der Waals surface area contributed by atoms with Crippen molar-refractivity contribution in [3.8, 4) is 5.75 Å². The van der Waals surface area contributed by atoms with Gasteiger partial charge in [-0.2, -0.15) is 0 Å². The van der Waals surface area contributed by atoms with Gasteiger partial charge in [0, 0.05) is 26.2 Å². The Morgan fingerprint density at radius 1 is 0.778 bits per heavy atom. The molecule has 0 saturated carbocycles. The number of nitrogens with one attached hydrogen (secondary N) is 2.